The molecule has 0 radical (unpaired) electrons. The normalized spacial score (nSPS) is 20.8. The summed E-state index contributed by atoms with van der Waals surface area (Å²) in [6.07, 6.45) is 3.77. The lowest BCUT2D eigenvalue weighted by Gasteiger charge is -2.28. The Balaban J connectivity index is 1.84. The van der Waals surface area contributed by atoms with Crippen LogP contribution in [-0.2, 0) is 0 Å². The van der Waals surface area contributed by atoms with E-state index in [4.69, 9.17) is 4.74 Å². The monoisotopic (exact) mass is 328 g/mol. The number of amides is 1. The van der Waals surface area contributed by atoms with E-state index in [1.165, 1.54) is 0 Å². The van der Waals surface area contributed by atoms with Gasteiger partial charge in [0.1, 0.15) is 5.75 Å². The van der Waals surface area contributed by atoms with Gasteiger partial charge in [-0.3, -0.25) is 9.78 Å². The molecule has 0 saturated heterocycles. The van der Waals surface area contributed by atoms with Crippen molar-refractivity contribution in [1.82, 2.24) is 10.3 Å². The number of aliphatic hydroxyl groups excluding tert-OH is 1. The zero-order valence-corrected chi connectivity index (χ0v) is 14.2. The second-order valence-corrected chi connectivity index (χ2v) is 6.57. The zero-order chi connectivity index (χ0) is 17.1. The lowest BCUT2D eigenvalue weighted by Crippen LogP contribution is -2.38. The van der Waals surface area contributed by atoms with Crippen LogP contribution in [-0.4, -0.2) is 35.8 Å². The van der Waals surface area contributed by atoms with Gasteiger partial charge in [-0.1, -0.05) is 0 Å². The van der Waals surface area contributed by atoms with E-state index < -0.39 is 0 Å². The molecule has 3 rings (SSSR count). The smallest absolute Gasteiger partial charge is 0.252 e. The maximum absolute atomic E-state index is 12.8. The summed E-state index contributed by atoms with van der Waals surface area (Å²) < 4.78 is 5.28. The first-order valence-corrected chi connectivity index (χ1v) is 8.48. The summed E-state index contributed by atoms with van der Waals surface area (Å²) in [6.45, 7) is 2.14. The first-order valence-electron chi connectivity index (χ1n) is 8.48. The number of aromatic nitrogens is 1. The lowest BCUT2D eigenvalue weighted by atomic mass is 9.86. The fourth-order valence-corrected chi connectivity index (χ4v) is 3.40. The van der Waals surface area contributed by atoms with Crippen LogP contribution in [0.4, 0.5) is 0 Å². The van der Waals surface area contributed by atoms with Crippen LogP contribution < -0.4 is 10.1 Å². The summed E-state index contributed by atoms with van der Waals surface area (Å²) in [6, 6.07) is 7.60. The van der Waals surface area contributed by atoms with Crippen LogP contribution >= 0.6 is 0 Å². The van der Waals surface area contributed by atoms with Crippen molar-refractivity contribution in [1.29, 1.82) is 0 Å². The minimum atomic E-state index is -0.0637. The van der Waals surface area contributed by atoms with Crippen LogP contribution in [0.1, 0.15) is 41.7 Å². The molecule has 1 amide bonds. The molecule has 2 aromatic rings. The molecule has 1 heterocycles. The topological polar surface area (TPSA) is 71.5 Å². The summed E-state index contributed by atoms with van der Waals surface area (Å²) >= 11 is 0. The molecule has 5 heteroatoms. The average Bonchev–Trinajstić information content (AvgIpc) is 2.61. The molecule has 0 bridgehead atoms. The Morgan fingerprint density at radius 3 is 2.71 bits per heavy atom. The van der Waals surface area contributed by atoms with E-state index in [0.29, 0.717) is 17.2 Å². The van der Waals surface area contributed by atoms with Gasteiger partial charge in [-0.05, 0) is 62.8 Å². The number of carbonyl (C=O) groups excluding carboxylic acids is 1. The number of rotatable bonds is 4. The van der Waals surface area contributed by atoms with Crippen LogP contribution in [0.25, 0.3) is 10.9 Å². The molecule has 1 aromatic carbocycles. The maximum Gasteiger partial charge on any atom is 0.252 e. The number of fused-ring (bicyclic) bond motifs is 1. The third kappa shape index (κ3) is 3.51. The highest BCUT2D eigenvalue weighted by Gasteiger charge is 2.23. The van der Waals surface area contributed by atoms with Gasteiger partial charge in [0.2, 0.25) is 0 Å². The number of aryl methyl sites for hydroxylation is 1. The maximum atomic E-state index is 12.8. The predicted molar refractivity (Wildman–Crippen MR) is 93.3 cm³/mol. The molecule has 1 aromatic heterocycles. The summed E-state index contributed by atoms with van der Waals surface area (Å²) in [4.78, 5) is 17.3. The van der Waals surface area contributed by atoms with E-state index in [0.717, 1.165) is 42.3 Å². The van der Waals surface area contributed by atoms with Gasteiger partial charge in [0.15, 0.2) is 0 Å². The molecule has 0 spiro atoms. The van der Waals surface area contributed by atoms with Gasteiger partial charge in [-0.2, -0.15) is 0 Å². The van der Waals surface area contributed by atoms with Gasteiger partial charge in [-0.25, -0.2) is 0 Å². The number of carbonyl (C=O) groups is 1. The predicted octanol–water partition coefficient (Wildman–Crippen LogP) is 2.83. The van der Waals surface area contributed by atoms with E-state index in [-0.39, 0.29) is 18.6 Å². The SMILES string of the molecule is COc1ccc2nc(C)cc(C(=O)NC3CCC(CO)CC3)c2c1. The molecule has 0 atom stereocenters. The second kappa shape index (κ2) is 7.18. The summed E-state index contributed by atoms with van der Waals surface area (Å²) in [5.74, 6) is 1.03. The first kappa shape index (κ1) is 16.7. The number of ether oxygens (including phenoxy) is 1. The van der Waals surface area contributed by atoms with Crippen molar-refractivity contribution in [3.05, 3.63) is 35.5 Å². The Morgan fingerprint density at radius 1 is 1.29 bits per heavy atom. The van der Waals surface area contributed by atoms with Gasteiger partial charge in [0.25, 0.3) is 5.91 Å². The fraction of sp³-hybridized carbons (Fsp3) is 0.474. The number of hydrogen-bond acceptors (Lipinski definition) is 4. The molecule has 1 fully saturated rings. The number of nitrogens with one attached hydrogen (secondary N) is 1. The minimum absolute atomic E-state index is 0.0637. The molecule has 5 nitrogen and oxygen atoms in total. The van der Waals surface area contributed by atoms with E-state index >= 15 is 0 Å². The van der Waals surface area contributed by atoms with E-state index in [2.05, 4.69) is 10.3 Å². The van der Waals surface area contributed by atoms with Crippen molar-refractivity contribution in [2.24, 2.45) is 5.92 Å². The summed E-state index contributed by atoms with van der Waals surface area (Å²) in [5.41, 5.74) is 2.26. The zero-order valence-electron chi connectivity index (χ0n) is 14.2. The van der Waals surface area contributed by atoms with Gasteiger partial charge in [0, 0.05) is 23.7 Å². The number of hydrogen-bond donors (Lipinski definition) is 2. The molecule has 24 heavy (non-hydrogen) atoms. The van der Waals surface area contributed by atoms with Gasteiger partial charge in [-0.15, -0.1) is 0 Å². The first-order chi connectivity index (χ1) is 11.6. The van der Waals surface area contributed by atoms with Crippen LogP contribution in [0.5, 0.6) is 5.75 Å². The summed E-state index contributed by atoms with van der Waals surface area (Å²) in [7, 11) is 1.61. The van der Waals surface area contributed by atoms with Gasteiger partial charge >= 0.3 is 0 Å². The van der Waals surface area contributed by atoms with Crippen molar-refractivity contribution >= 4 is 16.8 Å². The fourth-order valence-electron chi connectivity index (χ4n) is 3.40. The van der Waals surface area contributed by atoms with Crippen LogP contribution in [0.15, 0.2) is 24.3 Å². The van der Waals surface area contributed by atoms with Crippen LogP contribution in [0.3, 0.4) is 0 Å². The van der Waals surface area contributed by atoms with E-state index in [9.17, 15) is 9.90 Å². The number of benzene rings is 1. The van der Waals surface area contributed by atoms with Crippen molar-refractivity contribution in [2.75, 3.05) is 13.7 Å². The van der Waals surface area contributed by atoms with Crippen molar-refractivity contribution < 1.29 is 14.6 Å². The highest BCUT2D eigenvalue weighted by atomic mass is 16.5. The number of pyridine rings is 1. The number of aliphatic hydroxyl groups is 1. The largest absolute Gasteiger partial charge is 0.497 e. The van der Waals surface area contributed by atoms with Gasteiger partial charge in [0.05, 0.1) is 18.2 Å². The minimum Gasteiger partial charge on any atom is -0.497 e. The molecule has 2 N–H and O–H groups in total. The Bertz CT molecular complexity index is 737. The highest BCUT2D eigenvalue weighted by molar-refractivity contribution is 6.06. The van der Waals surface area contributed by atoms with Crippen molar-refractivity contribution in [2.45, 2.75) is 38.6 Å². The van der Waals surface area contributed by atoms with Crippen LogP contribution in [0.2, 0.25) is 0 Å². The van der Waals surface area contributed by atoms with E-state index in [1.54, 1.807) is 7.11 Å². The standard InChI is InChI=1S/C19H24N2O3/c1-12-9-17(16-10-15(24-2)7-8-18(16)20-12)19(23)21-14-5-3-13(11-22)4-6-14/h7-10,13-14,22H,3-6,11H2,1-2H3,(H,21,23). The molecule has 1 saturated carbocycles. The molecule has 0 unspecified atom stereocenters. The van der Waals surface area contributed by atoms with Crippen LogP contribution in [0, 0.1) is 12.8 Å². The quantitative estimate of drug-likeness (QED) is 0.905. The number of methoxy groups -OCH3 is 1. The average molecular weight is 328 g/mol. The van der Waals surface area contributed by atoms with Crippen molar-refractivity contribution in [3.8, 4) is 5.75 Å². The van der Waals surface area contributed by atoms with Gasteiger partial charge < -0.3 is 15.2 Å². The van der Waals surface area contributed by atoms with E-state index in [1.807, 2.05) is 31.2 Å². The third-order valence-electron chi connectivity index (χ3n) is 4.83. The Hall–Kier alpha value is -2.14. The lowest BCUT2D eigenvalue weighted by molar-refractivity contribution is 0.0915. The highest BCUT2D eigenvalue weighted by Crippen LogP contribution is 2.26. The molecule has 1 aliphatic carbocycles. The molecular weight excluding hydrogens is 304 g/mol. The Morgan fingerprint density at radius 2 is 2.04 bits per heavy atom. The summed E-state index contributed by atoms with van der Waals surface area (Å²) in [5, 5.41) is 13.2. The third-order valence-corrected chi connectivity index (χ3v) is 4.83. The Kier molecular flexibility index (Phi) is 5.00. The second-order valence-electron chi connectivity index (χ2n) is 6.57. The number of nitrogens with zero attached hydrogens (tertiary/aromatic N) is 1. The molecule has 1 aliphatic rings. The molecule has 128 valence electrons. The Labute approximate surface area is 142 Å². The molecule has 0 aliphatic heterocycles. The van der Waals surface area contributed by atoms with Crippen molar-refractivity contribution in [3.63, 3.8) is 0 Å². The molecular formula is C19H24N2O3.